The lowest BCUT2D eigenvalue weighted by atomic mass is 10.2. The summed E-state index contributed by atoms with van der Waals surface area (Å²) in [6, 6.07) is 0.0417. The lowest BCUT2D eigenvalue weighted by molar-refractivity contribution is 0.174. The van der Waals surface area contributed by atoms with Crippen LogP contribution in [-0.4, -0.2) is 23.0 Å². The second-order valence-electron chi connectivity index (χ2n) is 2.93. The van der Waals surface area contributed by atoms with E-state index in [1.54, 1.807) is 4.90 Å². The van der Waals surface area contributed by atoms with Gasteiger partial charge < -0.3 is 10.6 Å². The maximum Gasteiger partial charge on any atom is 0.315 e. The van der Waals surface area contributed by atoms with Crippen LogP contribution >= 0.6 is 0 Å². The average molecular weight is 164 g/mol. The largest absolute Gasteiger partial charge is 0.351 e. The Kier molecular flexibility index (Phi) is 5.76. The topological polar surface area (TPSA) is 46.3 Å². The highest BCUT2D eigenvalue weighted by Crippen LogP contribution is 2.02. The Hall–Kier alpha value is -0.800. The van der Waals surface area contributed by atoms with Gasteiger partial charge in [-0.2, -0.15) is 0 Å². The summed E-state index contributed by atoms with van der Waals surface area (Å²) in [7, 11) is 0. The molecule has 0 radical (unpaired) electrons. The van der Waals surface area contributed by atoms with E-state index in [0.717, 1.165) is 0 Å². The van der Waals surface area contributed by atoms with Crippen molar-refractivity contribution in [1.82, 2.24) is 4.90 Å². The Morgan fingerprint density at radius 3 is 1.45 bits per heavy atom. The molecule has 0 fully saturated rings. The van der Waals surface area contributed by atoms with E-state index in [1.807, 2.05) is 27.7 Å². The molecule has 0 aliphatic rings. The molecule has 0 saturated heterocycles. The summed E-state index contributed by atoms with van der Waals surface area (Å²) < 4.78 is 0. The van der Waals surface area contributed by atoms with Crippen LogP contribution in [0.5, 0.6) is 0 Å². The molecule has 0 aromatic rings. The van der Waals surface area contributed by atoms with Crippen LogP contribution in [0, 0.1) is 0 Å². The maximum atomic E-state index is 10.7. The van der Waals surface area contributed by atoms with E-state index in [9.17, 15) is 4.79 Å². The van der Waals surface area contributed by atoms with Crippen LogP contribution in [0.15, 0.2) is 0 Å². The Bertz CT molecular complexity index is 118. The molecule has 2 N–H and O–H groups in total. The maximum absolute atomic E-state index is 10.7. The van der Waals surface area contributed by atoms with E-state index in [2.05, 4.69) is 0 Å². The summed E-state index contributed by atoms with van der Waals surface area (Å²) in [5.74, 6) is 0. The highest BCUT2D eigenvalue weighted by molar-refractivity contribution is 5.72. The van der Waals surface area contributed by atoms with Crippen molar-refractivity contribution in [2.75, 3.05) is 0 Å². The van der Waals surface area contributed by atoms with Crippen molar-refractivity contribution in [1.29, 1.82) is 0 Å². The molecule has 0 heterocycles. The predicted molar refractivity (Wildman–Crippen MR) is 44.2 cm³/mol. The van der Waals surface area contributed by atoms with Gasteiger partial charge in [0.05, 0.1) is 0 Å². The van der Waals surface area contributed by atoms with Gasteiger partial charge in [0, 0.05) is 12.1 Å². The molecule has 0 atom stereocenters. The third-order valence-corrected chi connectivity index (χ3v) is 1.37. The highest BCUT2D eigenvalue weighted by atomic mass is 19.0. The number of primary amides is 1. The number of rotatable bonds is 2. The van der Waals surface area contributed by atoms with E-state index in [1.165, 1.54) is 0 Å². The van der Waals surface area contributed by atoms with E-state index in [4.69, 9.17) is 5.73 Å². The molecule has 0 unspecified atom stereocenters. The first-order valence-electron chi connectivity index (χ1n) is 3.54. The summed E-state index contributed by atoms with van der Waals surface area (Å²) in [5.41, 5.74) is 5.13. The lowest BCUT2D eigenvalue weighted by Gasteiger charge is -2.28. The first-order valence-corrected chi connectivity index (χ1v) is 3.54. The molecule has 68 valence electrons. The van der Waals surface area contributed by atoms with Gasteiger partial charge in [0.25, 0.3) is 0 Å². The smallest absolute Gasteiger partial charge is 0.315 e. The molecule has 0 spiro atoms. The molecule has 0 aromatic heterocycles. The summed E-state index contributed by atoms with van der Waals surface area (Å²) in [4.78, 5) is 12.4. The fourth-order valence-electron chi connectivity index (χ4n) is 1.11. The molecular formula is C7H17FN2O. The second kappa shape index (κ2) is 4.93. The molecule has 0 aromatic carbocycles. The molecule has 3 nitrogen and oxygen atoms in total. The van der Waals surface area contributed by atoms with Gasteiger partial charge in [0.1, 0.15) is 0 Å². The van der Waals surface area contributed by atoms with Crippen molar-refractivity contribution in [3.8, 4) is 0 Å². The van der Waals surface area contributed by atoms with Gasteiger partial charge in [0.2, 0.25) is 0 Å². The Morgan fingerprint density at radius 1 is 1.18 bits per heavy atom. The quantitative estimate of drug-likeness (QED) is 0.657. The number of urea groups is 1. The van der Waals surface area contributed by atoms with Gasteiger partial charge >= 0.3 is 6.03 Å². The zero-order valence-electron chi connectivity index (χ0n) is 7.50. The van der Waals surface area contributed by atoms with Crippen LogP contribution in [0.2, 0.25) is 0 Å². The number of carbonyl (C=O) groups is 1. The molecule has 0 rings (SSSR count). The van der Waals surface area contributed by atoms with Gasteiger partial charge in [-0.05, 0) is 27.7 Å². The van der Waals surface area contributed by atoms with Crippen molar-refractivity contribution < 1.29 is 9.50 Å². The van der Waals surface area contributed by atoms with Crippen molar-refractivity contribution in [2.45, 2.75) is 39.8 Å². The minimum absolute atomic E-state index is 0. The number of hydrogen-bond acceptors (Lipinski definition) is 1. The van der Waals surface area contributed by atoms with E-state index in [0.29, 0.717) is 0 Å². The normalized spacial score (nSPS) is 9.64. The third kappa shape index (κ3) is 3.80. The third-order valence-electron chi connectivity index (χ3n) is 1.37. The van der Waals surface area contributed by atoms with E-state index >= 15 is 0 Å². The van der Waals surface area contributed by atoms with Crippen molar-refractivity contribution in [2.24, 2.45) is 5.73 Å². The van der Waals surface area contributed by atoms with Gasteiger partial charge in [-0.25, -0.2) is 4.79 Å². The van der Waals surface area contributed by atoms with Crippen molar-refractivity contribution >= 4 is 6.03 Å². The number of carbonyl (C=O) groups excluding carboxylic acids is 1. The van der Waals surface area contributed by atoms with Crippen LogP contribution in [-0.2, 0) is 0 Å². The number of hydrogen-bond donors (Lipinski definition) is 1. The zero-order valence-corrected chi connectivity index (χ0v) is 7.50. The molecule has 2 amide bonds. The predicted octanol–water partition coefficient (Wildman–Crippen LogP) is 1.34. The second-order valence-corrected chi connectivity index (χ2v) is 2.93. The van der Waals surface area contributed by atoms with Gasteiger partial charge in [-0.1, -0.05) is 0 Å². The first-order chi connectivity index (χ1) is 4.46. The van der Waals surface area contributed by atoms with Gasteiger partial charge in [-0.3, -0.25) is 4.70 Å². The number of amides is 2. The summed E-state index contributed by atoms with van der Waals surface area (Å²) in [6.07, 6.45) is 0. The summed E-state index contributed by atoms with van der Waals surface area (Å²) in [5, 5.41) is 0. The monoisotopic (exact) mass is 164 g/mol. The Balaban J connectivity index is 0. The van der Waals surface area contributed by atoms with Crippen LogP contribution in [0.1, 0.15) is 27.7 Å². The summed E-state index contributed by atoms with van der Waals surface area (Å²) in [6.45, 7) is 7.80. The van der Waals surface area contributed by atoms with Crippen LogP contribution in [0.25, 0.3) is 0 Å². The molecule has 0 aliphatic heterocycles. The van der Waals surface area contributed by atoms with E-state index in [-0.39, 0.29) is 22.8 Å². The molecule has 0 saturated carbocycles. The number of halogens is 1. The van der Waals surface area contributed by atoms with Crippen molar-refractivity contribution in [3.63, 3.8) is 0 Å². The molecular weight excluding hydrogens is 147 g/mol. The van der Waals surface area contributed by atoms with Gasteiger partial charge in [-0.15, -0.1) is 0 Å². The minimum atomic E-state index is -0.343. The Morgan fingerprint density at radius 2 is 1.45 bits per heavy atom. The zero-order chi connectivity index (χ0) is 8.31. The fraction of sp³-hybridized carbons (Fsp3) is 0.857. The number of nitrogens with two attached hydrogens (primary N) is 1. The van der Waals surface area contributed by atoms with Crippen molar-refractivity contribution in [3.05, 3.63) is 0 Å². The summed E-state index contributed by atoms with van der Waals surface area (Å²) >= 11 is 0. The minimum Gasteiger partial charge on any atom is -0.351 e. The first kappa shape index (κ1) is 12.8. The molecule has 11 heavy (non-hydrogen) atoms. The average Bonchev–Trinajstić information content (AvgIpc) is 1.59. The highest BCUT2D eigenvalue weighted by Gasteiger charge is 2.15. The van der Waals surface area contributed by atoms with Crippen LogP contribution in [0.4, 0.5) is 9.50 Å². The molecule has 0 bridgehead atoms. The van der Waals surface area contributed by atoms with Crippen LogP contribution < -0.4 is 5.73 Å². The van der Waals surface area contributed by atoms with Gasteiger partial charge in [0.15, 0.2) is 0 Å². The molecule has 0 aliphatic carbocycles. The van der Waals surface area contributed by atoms with E-state index < -0.39 is 0 Å². The standard InChI is InChI=1S/C7H16N2O.FH/c1-5(2)9(6(3)4)7(8)10;/h5-6H,1-4H3,(H2,8,10);1H. The van der Waals surface area contributed by atoms with Crippen LogP contribution in [0.3, 0.4) is 0 Å². The number of nitrogens with zero attached hydrogens (tertiary/aromatic N) is 1. The SMILES string of the molecule is CC(C)N(C(N)=O)C(C)C.F. The molecule has 4 heteroatoms. The Labute approximate surface area is 66.9 Å². The lowest BCUT2D eigenvalue weighted by Crippen LogP contribution is -2.45. The fourth-order valence-corrected chi connectivity index (χ4v) is 1.11.